The van der Waals surface area contributed by atoms with Crippen molar-refractivity contribution in [2.45, 2.75) is 18.4 Å². The third kappa shape index (κ3) is 3.54. The average Bonchev–Trinajstić information content (AvgIpc) is 2.87. The van der Waals surface area contributed by atoms with Crippen molar-refractivity contribution in [3.8, 4) is 0 Å². The van der Waals surface area contributed by atoms with Gasteiger partial charge in [-0.05, 0) is 43.3 Å². The molecule has 1 heterocycles. The lowest BCUT2D eigenvalue weighted by Crippen LogP contribution is -2.23. The summed E-state index contributed by atoms with van der Waals surface area (Å²) in [7, 11) is -1.91. The molecule has 1 amide bonds. The lowest BCUT2D eigenvalue weighted by molar-refractivity contribution is 0.0950. The minimum atomic E-state index is -3.77. The number of nitrogens with zero attached hydrogens (tertiary/aromatic N) is 2. The molecule has 0 saturated heterocycles. The number of rotatable bonds is 4. The van der Waals surface area contributed by atoms with Crippen LogP contribution in [-0.4, -0.2) is 24.1 Å². The third-order valence-corrected chi connectivity index (χ3v) is 4.87. The molecular weight excluding hydrogens is 340 g/mol. The molecule has 0 aliphatic rings. The predicted octanol–water partition coefficient (Wildman–Crippen LogP) is 1.46. The second-order valence-corrected chi connectivity index (χ2v) is 7.40. The zero-order valence-corrected chi connectivity index (χ0v) is 14.7. The van der Waals surface area contributed by atoms with Crippen LogP contribution in [0.4, 0.5) is 0 Å². The maximum absolute atomic E-state index is 12.3. The van der Waals surface area contributed by atoms with E-state index in [2.05, 4.69) is 10.4 Å². The van der Waals surface area contributed by atoms with E-state index in [0.29, 0.717) is 5.56 Å². The Labute approximate surface area is 145 Å². The van der Waals surface area contributed by atoms with Crippen LogP contribution in [0.15, 0.2) is 47.4 Å². The van der Waals surface area contributed by atoms with Gasteiger partial charge in [-0.25, -0.2) is 13.6 Å². The van der Waals surface area contributed by atoms with Crippen LogP contribution in [0.25, 0.3) is 10.9 Å². The monoisotopic (exact) mass is 358 g/mol. The minimum absolute atomic E-state index is 0.0322. The Morgan fingerprint density at radius 3 is 2.52 bits per heavy atom. The fourth-order valence-corrected chi connectivity index (χ4v) is 3.16. The number of nitrogens with two attached hydrogens (primary N) is 1. The Hall–Kier alpha value is -2.71. The van der Waals surface area contributed by atoms with Crippen LogP contribution in [0.2, 0.25) is 0 Å². The Morgan fingerprint density at radius 1 is 1.20 bits per heavy atom. The van der Waals surface area contributed by atoms with E-state index in [1.807, 2.05) is 32.2 Å². The van der Waals surface area contributed by atoms with Crippen LogP contribution in [0.1, 0.15) is 21.6 Å². The van der Waals surface area contributed by atoms with Gasteiger partial charge >= 0.3 is 0 Å². The number of sulfonamides is 1. The highest BCUT2D eigenvalue weighted by atomic mass is 32.2. The fourth-order valence-electron chi connectivity index (χ4n) is 2.64. The first-order valence-electron chi connectivity index (χ1n) is 7.59. The number of amides is 1. The van der Waals surface area contributed by atoms with E-state index in [-0.39, 0.29) is 17.3 Å². The molecule has 0 aliphatic heterocycles. The molecule has 8 heteroatoms. The van der Waals surface area contributed by atoms with Crippen LogP contribution in [0.3, 0.4) is 0 Å². The molecule has 0 atom stereocenters. The molecule has 0 bridgehead atoms. The number of hydrogen-bond acceptors (Lipinski definition) is 4. The van der Waals surface area contributed by atoms with Gasteiger partial charge in [0.25, 0.3) is 5.91 Å². The normalized spacial score (nSPS) is 11.6. The number of primary sulfonamides is 1. The topological polar surface area (TPSA) is 107 Å². The molecular formula is C17H18N4O3S. The van der Waals surface area contributed by atoms with Crippen LogP contribution in [0, 0.1) is 6.92 Å². The van der Waals surface area contributed by atoms with Gasteiger partial charge in [-0.1, -0.05) is 11.6 Å². The second kappa shape index (κ2) is 6.30. The summed E-state index contributed by atoms with van der Waals surface area (Å²) in [6, 6.07) is 11.5. The van der Waals surface area contributed by atoms with Crippen molar-refractivity contribution in [1.82, 2.24) is 15.1 Å². The van der Waals surface area contributed by atoms with Crippen molar-refractivity contribution in [3.63, 3.8) is 0 Å². The summed E-state index contributed by atoms with van der Waals surface area (Å²) in [4.78, 5) is 12.2. The van der Waals surface area contributed by atoms with Gasteiger partial charge in [0.05, 0.1) is 22.7 Å². The summed E-state index contributed by atoms with van der Waals surface area (Å²) < 4.78 is 24.3. The molecule has 130 valence electrons. The molecule has 3 N–H and O–H groups in total. The van der Waals surface area contributed by atoms with Crippen molar-refractivity contribution >= 4 is 26.8 Å². The average molecular weight is 358 g/mol. The Kier molecular flexibility index (Phi) is 4.32. The molecule has 25 heavy (non-hydrogen) atoms. The first-order chi connectivity index (χ1) is 11.8. The molecule has 0 spiro atoms. The maximum Gasteiger partial charge on any atom is 0.251 e. The maximum atomic E-state index is 12.3. The molecule has 0 radical (unpaired) electrons. The first-order valence-corrected chi connectivity index (χ1v) is 9.13. The zero-order valence-electron chi connectivity index (χ0n) is 13.9. The highest BCUT2D eigenvalue weighted by Gasteiger charge is 2.13. The number of aryl methyl sites for hydroxylation is 2. The van der Waals surface area contributed by atoms with E-state index in [4.69, 9.17) is 5.14 Å². The molecule has 1 aromatic heterocycles. The van der Waals surface area contributed by atoms with Crippen molar-refractivity contribution in [3.05, 3.63) is 59.3 Å². The lowest BCUT2D eigenvalue weighted by atomic mass is 10.1. The summed E-state index contributed by atoms with van der Waals surface area (Å²) in [6.45, 7) is 2.28. The van der Waals surface area contributed by atoms with Gasteiger partial charge in [-0.15, -0.1) is 0 Å². The van der Waals surface area contributed by atoms with Crippen molar-refractivity contribution in [1.29, 1.82) is 0 Å². The van der Waals surface area contributed by atoms with E-state index < -0.39 is 10.0 Å². The Balaban J connectivity index is 1.78. The quantitative estimate of drug-likeness (QED) is 0.736. The van der Waals surface area contributed by atoms with Crippen molar-refractivity contribution in [2.75, 3.05) is 0 Å². The van der Waals surface area contributed by atoms with Gasteiger partial charge in [0, 0.05) is 18.0 Å². The Bertz CT molecular complexity index is 1050. The van der Waals surface area contributed by atoms with E-state index in [1.165, 1.54) is 24.3 Å². The molecule has 0 fully saturated rings. The van der Waals surface area contributed by atoms with Gasteiger partial charge in [0.1, 0.15) is 0 Å². The van der Waals surface area contributed by atoms with Crippen molar-refractivity contribution in [2.24, 2.45) is 12.2 Å². The number of fused-ring (bicyclic) bond motifs is 1. The molecule has 0 saturated carbocycles. The zero-order chi connectivity index (χ0) is 18.2. The smallest absolute Gasteiger partial charge is 0.251 e. The third-order valence-electron chi connectivity index (χ3n) is 3.94. The van der Waals surface area contributed by atoms with Crippen LogP contribution >= 0.6 is 0 Å². The van der Waals surface area contributed by atoms with Gasteiger partial charge < -0.3 is 5.32 Å². The summed E-state index contributed by atoms with van der Waals surface area (Å²) in [5.74, 6) is -0.313. The summed E-state index contributed by atoms with van der Waals surface area (Å²) in [5, 5.41) is 13.3. The van der Waals surface area contributed by atoms with E-state index >= 15 is 0 Å². The summed E-state index contributed by atoms with van der Waals surface area (Å²) in [5.41, 5.74) is 3.23. The molecule has 3 rings (SSSR count). The molecule has 2 aromatic carbocycles. The Morgan fingerprint density at radius 2 is 1.88 bits per heavy atom. The van der Waals surface area contributed by atoms with Gasteiger partial charge in [0.2, 0.25) is 10.0 Å². The van der Waals surface area contributed by atoms with Gasteiger partial charge in [-0.2, -0.15) is 5.10 Å². The molecule has 7 nitrogen and oxygen atoms in total. The van der Waals surface area contributed by atoms with E-state index in [1.54, 1.807) is 4.68 Å². The highest BCUT2D eigenvalue weighted by molar-refractivity contribution is 7.89. The number of benzene rings is 2. The van der Waals surface area contributed by atoms with Crippen LogP contribution in [0.5, 0.6) is 0 Å². The fraction of sp³-hybridized carbons (Fsp3) is 0.176. The molecule has 0 unspecified atom stereocenters. The number of nitrogens with one attached hydrogen (secondary N) is 1. The second-order valence-electron chi connectivity index (χ2n) is 5.84. The standard InChI is InChI=1S/C17H18N4O3S/c1-11-3-8-16-14(9-11)15(20-21(16)2)10-19-17(22)12-4-6-13(7-5-12)25(18,23)24/h3-9H,10H2,1-2H3,(H,19,22)(H2,18,23,24). The summed E-state index contributed by atoms with van der Waals surface area (Å²) >= 11 is 0. The lowest BCUT2D eigenvalue weighted by Gasteiger charge is -2.05. The SMILES string of the molecule is Cc1ccc2c(c1)c(CNC(=O)c1ccc(S(N)(=O)=O)cc1)nn2C. The first kappa shape index (κ1) is 17.1. The summed E-state index contributed by atoms with van der Waals surface area (Å²) in [6.07, 6.45) is 0. The highest BCUT2D eigenvalue weighted by Crippen LogP contribution is 2.19. The van der Waals surface area contributed by atoms with E-state index in [0.717, 1.165) is 22.2 Å². The van der Waals surface area contributed by atoms with Gasteiger partial charge in [-0.3, -0.25) is 9.48 Å². The molecule has 3 aromatic rings. The molecule has 0 aliphatic carbocycles. The minimum Gasteiger partial charge on any atom is -0.346 e. The van der Waals surface area contributed by atoms with E-state index in [9.17, 15) is 13.2 Å². The number of carbonyl (C=O) groups excluding carboxylic acids is 1. The van der Waals surface area contributed by atoms with Crippen LogP contribution in [-0.2, 0) is 23.6 Å². The van der Waals surface area contributed by atoms with Crippen molar-refractivity contribution < 1.29 is 13.2 Å². The number of hydrogen-bond donors (Lipinski definition) is 2. The van der Waals surface area contributed by atoms with Crippen LogP contribution < -0.4 is 10.5 Å². The number of aromatic nitrogens is 2. The van der Waals surface area contributed by atoms with Gasteiger partial charge in [0.15, 0.2) is 0 Å². The predicted molar refractivity (Wildman–Crippen MR) is 94.4 cm³/mol. The number of carbonyl (C=O) groups is 1. The largest absolute Gasteiger partial charge is 0.346 e.